The van der Waals surface area contributed by atoms with E-state index in [-0.39, 0.29) is 24.3 Å². The van der Waals surface area contributed by atoms with Crippen LogP contribution in [-0.4, -0.2) is 37.7 Å². The van der Waals surface area contributed by atoms with Gasteiger partial charge in [-0.25, -0.2) is 4.68 Å². The van der Waals surface area contributed by atoms with Crippen LogP contribution in [0.25, 0.3) is 17.1 Å². The third kappa shape index (κ3) is 8.44. The quantitative estimate of drug-likeness (QED) is 0.206. The largest absolute Gasteiger partial charge is 0.392 e. The zero-order valence-electron chi connectivity index (χ0n) is 24.7. The van der Waals surface area contributed by atoms with Gasteiger partial charge in [-0.3, -0.25) is 19.9 Å². The van der Waals surface area contributed by atoms with Gasteiger partial charge in [0.15, 0.2) is 0 Å². The Morgan fingerprint density at radius 1 is 0.929 bits per heavy atom. The lowest BCUT2D eigenvalue weighted by atomic mass is 9.87. The highest BCUT2D eigenvalue weighted by Crippen LogP contribution is 2.26. The van der Waals surface area contributed by atoms with Crippen molar-refractivity contribution < 1.29 is 14.7 Å². The fourth-order valence-corrected chi connectivity index (χ4v) is 4.75. The van der Waals surface area contributed by atoms with Gasteiger partial charge in [-0.15, -0.1) is 0 Å². The standard InChI is InChI=1S/C34H41N5O3/c1-34(2,3)26-16-18-27(19-17-26)39-28(22-31(38-39)30-10-7-8-20-36-30)9-5-4-6-11-32(41)37-33(42)29(35)21-24-12-14-25(23-40)15-13-24/h7-8,10,12-20,22,29,40H,4-6,9,11,21,23,35H2,1-3H3,(H,37,41,42)/t29-/m0/s1. The normalized spacial score (nSPS) is 12.2. The van der Waals surface area contributed by atoms with Gasteiger partial charge < -0.3 is 10.8 Å². The van der Waals surface area contributed by atoms with Crippen LogP contribution in [0.15, 0.2) is 79.0 Å². The van der Waals surface area contributed by atoms with E-state index >= 15 is 0 Å². The van der Waals surface area contributed by atoms with Gasteiger partial charge in [0, 0.05) is 18.3 Å². The number of aliphatic hydroxyl groups excluding tert-OH is 1. The van der Waals surface area contributed by atoms with Crippen LogP contribution in [0.3, 0.4) is 0 Å². The molecule has 4 aromatic rings. The Bertz CT molecular complexity index is 1460. The molecular weight excluding hydrogens is 526 g/mol. The summed E-state index contributed by atoms with van der Waals surface area (Å²) in [4.78, 5) is 29.3. The van der Waals surface area contributed by atoms with E-state index in [4.69, 9.17) is 15.9 Å². The summed E-state index contributed by atoms with van der Waals surface area (Å²) in [5, 5.41) is 16.5. The molecule has 0 unspecified atom stereocenters. The first kappa shape index (κ1) is 30.8. The molecule has 0 radical (unpaired) electrons. The van der Waals surface area contributed by atoms with Crippen molar-refractivity contribution >= 4 is 11.8 Å². The lowest BCUT2D eigenvalue weighted by Gasteiger charge is -2.19. The molecule has 0 aliphatic carbocycles. The van der Waals surface area contributed by atoms with Gasteiger partial charge in [-0.05, 0) is 78.1 Å². The average molecular weight is 568 g/mol. The zero-order chi connectivity index (χ0) is 30.1. The minimum Gasteiger partial charge on any atom is -0.392 e. The summed E-state index contributed by atoms with van der Waals surface area (Å²) in [6.07, 6.45) is 5.51. The van der Waals surface area contributed by atoms with E-state index in [1.807, 2.05) is 35.0 Å². The van der Waals surface area contributed by atoms with Gasteiger partial charge in [0.1, 0.15) is 5.69 Å². The van der Waals surface area contributed by atoms with Crippen LogP contribution in [-0.2, 0) is 34.5 Å². The minimum atomic E-state index is -0.819. The highest BCUT2D eigenvalue weighted by atomic mass is 16.3. The molecule has 0 spiro atoms. The Hall–Kier alpha value is -4.14. The van der Waals surface area contributed by atoms with E-state index < -0.39 is 11.9 Å². The molecule has 2 aromatic heterocycles. The van der Waals surface area contributed by atoms with E-state index in [0.29, 0.717) is 12.8 Å². The fraction of sp³-hybridized carbons (Fsp3) is 0.353. The molecule has 1 atom stereocenters. The number of aliphatic hydroxyl groups is 1. The van der Waals surface area contributed by atoms with E-state index in [1.54, 1.807) is 18.3 Å². The number of aromatic nitrogens is 3. The molecule has 8 nitrogen and oxygen atoms in total. The van der Waals surface area contributed by atoms with Crippen LogP contribution in [0.2, 0.25) is 0 Å². The molecule has 2 amide bonds. The summed E-state index contributed by atoms with van der Waals surface area (Å²) in [7, 11) is 0. The maximum absolute atomic E-state index is 12.4. The number of amides is 2. The van der Waals surface area contributed by atoms with E-state index in [1.165, 1.54) is 5.56 Å². The van der Waals surface area contributed by atoms with Crippen molar-refractivity contribution in [1.29, 1.82) is 0 Å². The molecule has 0 aliphatic heterocycles. The minimum absolute atomic E-state index is 0.0391. The molecule has 8 heteroatoms. The predicted molar refractivity (Wildman–Crippen MR) is 165 cm³/mol. The first-order valence-corrected chi connectivity index (χ1v) is 14.5. The molecule has 0 saturated heterocycles. The van der Waals surface area contributed by atoms with Crippen molar-refractivity contribution in [3.05, 3.63) is 101 Å². The summed E-state index contributed by atoms with van der Waals surface area (Å²) in [5.74, 6) is -0.790. The molecule has 0 fully saturated rings. The molecule has 0 aliphatic rings. The van der Waals surface area contributed by atoms with Gasteiger partial charge in [0.2, 0.25) is 11.8 Å². The predicted octanol–water partition coefficient (Wildman–Crippen LogP) is 5.04. The molecule has 2 aromatic carbocycles. The number of benzene rings is 2. The van der Waals surface area contributed by atoms with Crippen LogP contribution < -0.4 is 11.1 Å². The Morgan fingerprint density at radius 3 is 2.29 bits per heavy atom. The van der Waals surface area contributed by atoms with Gasteiger partial charge in [-0.1, -0.05) is 69.7 Å². The second-order valence-corrected chi connectivity index (χ2v) is 11.7. The topological polar surface area (TPSA) is 123 Å². The first-order chi connectivity index (χ1) is 20.1. The highest BCUT2D eigenvalue weighted by molar-refractivity contribution is 5.97. The monoisotopic (exact) mass is 567 g/mol. The van der Waals surface area contributed by atoms with Crippen molar-refractivity contribution in [1.82, 2.24) is 20.1 Å². The summed E-state index contributed by atoms with van der Waals surface area (Å²) in [5.41, 5.74) is 12.7. The second-order valence-electron chi connectivity index (χ2n) is 11.7. The highest BCUT2D eigenvalue weighted by Gasteiger charge is 2.18. The third-order valence-corrected chi connectivity index (χ3v) is 7.29. The number of carbonyl (C=O) groups excluding carboxylic acids is 2. The van der Waals surface area contributed by atoms with E-state index in [2.05, 4.69) is 61.4 Å². The summed E-state index contributed by atoms with van der Waals surface area (Å²) >= 11 is 0. The van der Waals surface area contributed by atoms with Gasteiger partial charge in [-0.2, -0.15) is 5.10 Å². The number of unbranched alkanes of at least 4 members (excludes halogenated alkanes) is 2. The number of aryl methyl sites for hydroxylation is 1. The first-order valence-electron chi connectivity index (χ1n) is 14.5. The Balaban J connectivity index is 1.30. The van der Waals surface area contributed by atoms with Crippen molar-refractivity contribution in [3.63, 3.8) is 0 Å². The Morgan fingerprint density at radius 2 is 1.64 bits per heavy atom. The number of hydrogen-bond acceptors (Lipinski definition) is 6. The molecule has 4 N–H and O–H groups in total. The van der Waals surface area contributed by atoms with Crippen LogP contribution in [0.1, 0.15) is 68.8 Å². The molecule has 0 saturated carbocycles. The molecule has 4 rings (SSSR count). The number of nitrogens with two attached hydrogens (primary N) is 1. The summed E-state index contributed by atoms with van der Waals surface area (Å²) in [6, 6.07) is 22.8. The van der Waals surface area contributed by atoms with Crippen LogP contribution in [0.5, 0.6) is 0 Å². The average Bonchev–Trinajstić information content (AvgIpc) is 3.41. The van der Waals surface area contributed by atoms with Gasteiger partial charge in [0.25, 0.3) is 0 Å². The number of nitrogens with zero attached hydrogens (tertiary/aromatic N) is 3. The van der Waals surface area contributed by atoms with Crippen molar-refractivity contribution in [2.75, 3.05) is 0 Å². The molecule has 0 bridgehead atoms. The SMILES string of the molecule is CC(C)(C)c1ccc(-n2nc(-c3ccccn3)cc2CCCCCC(=O)NC(=O)[C@@H](N)Cc2ccc(CO)cc2)cc1. The fourth-order valence-electron chi connectivity index (χ4n) is 4.75. The van der Waals surface area contributed by atoms with Crippen molar-refractivity contribution in [2.24, 2.45) is 5.73 Å². The number of carbonyl (C=O) groups is 2. The Kier molecular flexibility index (Phi) is 10.4. The lowest BCUT2D eigenvalue weighted by Crippen LogP contribution is -2.44. The maximum Gasteiger partial charge on any atom is 0.243 e. The van der Waals surface area contributed by atoms with Gasteiger partial charge >= 0.3 is 0 Å². The summed E-state index contributed by atoms with van der Waals surface area (Å²) in [6.45, 7) is 6.56. The van der Waals surface area contributed by atoms with E-state index in [9.17, 15) is 9.59 Å². The molecule has 42 heavy (non-hydrogen) atoms. The lowest BCUT2D eigenvalue weighted by molar-refractivity contribution is -0.131. The smallest absolute Gasteiger partial charge is 0.243 e. The Labute approximate surface area is 248 Å². The number of pyridine rings is 1. The number of imide groups is 1. The molecule has 2 heterocycles. The molecular formula is C34H41N5O3. The second kappa shape index (κ2) is 14.2. The number of nitrogens with one attached hydrogen (secondary N) is 1. The van der Waals surface area contributed by atoms with Crippen molar-refractivity contribution in [3.8, 4) is 17.1 Å². The maximum atomic E-state index is 12.4. The van der Waals surface area contributed by atoms with Crippen LogP contribution in [0, 0.1) is 0 Å². The molecule has 220 valence electrons. The van der Waals surface area contributed by atoms with E-state index in [0.717, 1.165) is 53.2 Å². The summed E-state index contributed by atoms with van der Waals surface area (Å²) < 4.78 is 1.99. The number of hydrogen-bond donors (Lipinski definition) is 3. The third-order valence-electron chi connectivity index (χ3n) is 7.29. The van der Waals surface area contributed by atoms with Crippen LogP contribution >= 0.6 is 0 Å². The van der Waals surface area contributed by atoms with Crippen molar-refractivity contribution in [2.45, 2.75) is 77.4 Å². The van der Waals surface area contributed by atoms with Gasteiger partial charge in [0.05, 0.1) is 24.0 Å². The van der Waals surface area contributed by atoms with Crippen LogP contribution in [0.4, 0.5) is 0 Å². The number of rotatable bonds is 12. The zero-order valence-corrected chi connectivity index (χ0v) is 24.7.